The molecule has 1 unspecified atom stereocenters. The van der Waals surface area contributed by atoms with E-state index in [2.05, 4.69) is 16.3 Å². The minimum absolute atomic E-state index is 0.0834. The second-order valence-corrected chi connectivity index (χ2v) is 5.98. The summed E-state index contributed by atoms with van der Waals surface area (Å²) in [7, 11) is 0. The van der Waals surface area contributed by atoms with Gasteiger partial charge in [0.1, 0.15) is 0 Å². The molecule has 2 rings (SSSR count). The third-order valence-electron chi connectivity index (χ3n) is 3.94. The molecule has 0 spiro atoms. The fourth-order valence-corrected chi connectivity index (χ4v) is 2.79. The van der Waals surface area contributed by atoms with Crippen molar-refractivity contribution in [2.24, 2.45) is 5.73 Å². The molecule has 3 N–H and O–H groups in total. The topological polar surface area (TPSA) is 58.4 Å². The van der Waals surface area contributed by atoms with Crippen LogP contribution >= 0.6 is 0 Å². The van der Waals surface area contributed by atoms with E-state index in [4.69, 9.17) is 5.73 Å². The molecule has 1 amide bonds. The van der Waals surface area contributed by atoms with E-state index in [0.29, 0.717) is 6.42 Å². The van der Waals surface area contributed by atoms with Gasteiger partial charge in [0, 0.05) is 25.6 Å². The standard InChI is InChI=1S/C17H27N3O/c1-14(18)8-7-11-17(21)19-15-9-3-4-10-16(15)20-12-5-2-6-13-20/h3-4,9-10,14H,2,5-8,11-13,18H2,1H3,(H,19,21). The van der Waals surface area contributed by atoms with Gasteiger partial charge in [0.2, 0.25) is 5.91 Å². The average molecular weight is 289 g/mol. The monoisotopic (exact) mass is 289 g/mol. The van der Waals surface area contributed by atoms with Crippen molar-refractivity contribution in [3.05, 3.63) is 24.3 Å². The van der Waals surface area contributed by atoms with E-state index in [1.54, 1.807) is 0 Å². The van der Waals surface area contributed by atoms with Crippen LogP contribution in [0, 0.1) is 0 Å². The zero-order valence-corrected chi connectivity index (χ0v) is 13.0. The van der Waals surface area contributed by atoms with Crippen molar-refractivity contribution in [3.63, 3.8) is 0 Å². The number of piperidine rings is 1. The Morgan fingerprint density at radius 2 is 2.00 bits per heavy atom. The number of benzene rings is 1. The van der Waals surface area contributed by atoms with E-state index in [0.717, 1.165) is 37.3 Å². The SMILES string of the molecule is CC(N)CCCC(=O)Nc1ccccc1N1CCCCC1. The lowest BCUT2D eigenvalue weighted by molar-refractivity contribution is -0.116. The van der Waals surface area contributed by atoms with Crippen molar-refractivity contribution in [3.8, 4) is 0 Å². The molecule has 21 heavy (non-hydrogen) atoms. The van der Waals surface area contributed by atoms with Crippen LogP contribution in [0.5, 0.6) is 0 Å². The maximum Gasteiger partial charge on any atom is 0.224 e. The summed E-state index contributed by atoms with van der Waals surface area (Å²) in [5.74, 6) is 0.0834. The molecule has 1 heterocycles. The van der Waals surface area contributed by atoms with Gasteiger partial charge in [0.25, 0.3) is 0 Å². The van der Waals surface area contributed by atoms with Crippen molar-refractivity contribution in [1.82, 2.24) is 0 Å². The molecule has 1 aliphatic heterocycles. The van der Waals surface area contributed by atoms with Gasteiger partial charge >= 0.3 is 0 Å². The molecular formula is C17H27N3O. The molecule has 4 heteroatoms. The van der Waals surface area contributed by atoms with Crippen LogP contribution in [-0.4, -0.2) is 25.0 Å². The first-order chi connectivity index (χ1) is 10.2. The van der Waals surface area contributed by atoms with Gasteiger partial charge in [-0.05, 0) is 51.2 Å². The first-order valence-electron chi connectivity index (χ1n) is 8.06. The van der Waals surface area contributed by atoms with Crippen LogP contribution < -0.4 is 16.0 Å². The van der Waals surface area contributed by atoms with Crippen LogP contribution in [0.25, 0.3) is 0 Å². The number of hydrogen-bond acceptors (Lipinski definition) is 3. The summed E-state index contributed by atoms with van der Waals surface area (Å²) in [5.41, 5.74) is 7.80. The van der Waals surface area contributed by atoms with E-state index in [1.807, 2.05) is 25.1 Å². The molecule has 1 atom stereocenters. The Balaban J connectivity index is 1.94. The summed E-state index contributed by atoms with van der Waals surface area (Å²) >= 11 is 0. The largest absolute Gasteiger partial charge is 0.370 e. The Morgan fingerprint density at radius 3 is 2.71 bits per heavy atom. The summed E-state index contributed by atoms with van der Waals surface area (Å²) in [6.07, 6.45) is 6.04. The summed E-state index contributed by atoms with van der Waals surface area (Å²) in [4.78, 5) is 14.4. The molecule has 1 aliphatic rings. The highest BCUT2D eigenvalue weighted by Gasteiger charge is 2.15. The molecule has 1 fully saturated rings. The predicted molar refractivity (Wildman–Crippen MR) is 88.6 cm³/mol. The number of nitrogens with two attached hydrogens (primary N) is 1. The normalized spacial score (nSPS) is 16.6. The summed E-state index contributed by atoms with van der Waals surface area (Å²) in [6.45, 7) is 4.14. The van der Waals surface area contributed by atoms with Crippen LogP contribution in [0.2, 0.25) is 0 Å². The van der Waals surface area contributed by atoms with Crippen molar-refractivity contribution in [1.29, 1.82) is 0 Å². The first kappa shape index (κ1) is 15.8. The number of nitrogens with zero attached hydrogens (tertiary/aromatic N) is 1. The van der Waals surface area contributed by atoms with Crippen LogP contribution in [0.1, 0.15) is 45.4 Å². The second kappa shape index (κ2) is 8.03. The Bertz CT molecular complexity index is 453. The van der Waals surface area contributed by atoms with Gasteiger partial charge in [0.05, 0.1) is 11.4 Å². The van der Waals surface area contributed by atoms with Crippen molar-refractivity contribution < 1.29 is 4.79 Å². The Hall–Kier alpha value is -1.55. The molecule has 0 aliphatic carbocycles. The lowest BCUT2D eigenvalue weighted by Crippen LogP contribution is -2.30. The zero-order chi connectivity index (χ0) is 15.1. The van der Waals surface area contributed by atoms with E-state index in [-0.39, 0.29) is 11.9 Å². The molecule has 1 aromatic rings. The Labute approximate surface area is 127 Å². The van der Waals surface area contributed by atoms with Gasteiger partial charge < -0.3 is 16.0 Å². The number of amides is 1. The van der Waals surface area contributed by atoms with Gasteiger partial charge in [-0.3, -0.25) is 4.79 Å². The fourth-order valence-electron chi connectivity index (χ4n) is 2.79. The molecule has 0 radical (unpaired) electrons. The molecule has 4 nitrogen and oxygen atoms in total. The van der Waals surface area contributed by atoms with Crippen LogP contribution in [0.15, 0.2) is 24.3 Å². The van der Waals surface area contributed by atoms with Gasteiger partial charge in [-0.15, -0.1) is 0 Å². The minimum atomic E-state index is 0.0834. The highest BCUT2D eigenvalue weighted by Crippen LogP contribution is 2.28. The highest BCUT2D eigenvalue weighted by atomic mass is 16.1. The van der Waals surface area contributed by atoms with Gasteiger partial charge in [-0.1, -0.05) is 12.1 Å². The number of nitrogens with one attached hydrogen (secondary N) is 1. The Kier molecular flexibility index (Phi) is 6.05. The lowest BCUT2D eigenvalue weighted by Gasteiger charge is -2.30. The summed E-state index contributed by atoms with van der Waals surface area (Å²) in [6, 6.07) is 8.27. The van der Waals surface area contributed by atoms with E-state index in [1.165, 1.54) is 19.3 Å². The number of para-hydroxylation sites is 2. The molecule has 1 saturated heterocycles. The third-order valence-corrected chi connectivity index (χ3v) is 3.94. The van der Waals surface area contributed by atoms with Crippen molar-refractivity contribution >= 4 is 17.3 Å². The molecule has 0 bridgehead atoms. The maximum atomic E-state index is 12.1. The number of carbonyl (C=O) groups is 1. The van der Waals surface area contributed by atoms with E-state index in [9.17, 15) is 4.79 Å². The molecule has 0 aromatic heterocycles. The first-order valence-corrected chi connectivity index (χ1v) is 8.06. The van der Waals surface area contributed by atoms with Crippen LogP contribution in [-0.2, 0) is 4.79 Å². The Morgan fingerprint density at radius 1 is 1.29 bits per heavy atom. The quantitative estimate of drug-likeness (QED) is 0.846. The van der Waals surface area contributed by atoms with Gasteiger partial charge in [-0.2, -0.15) is 0 Å². The molecule has 1 aromatic carbocycles. The van der Waals surface area contributed by atoms with Crippen LogP contribution in [0.3, 0.4) is 0 Å². The maximum absolute atomic E-state index is 12.1. The fraction of sp³-hybridized carbons (Fsp3) is 0.588. The summed E-state index contributed by atoms with van der Waals surface area (Å²) in [5, 5.41) is 3.06. The molecule has 0 saturated carbocycles. The van der Waals surface area contributed by atoms with E-state index >= 15 is 0 Å². The second-order valence-electron chi connectivity index (χ2n) is 5.98. The predicted octanol–water partition coefficient (Wildman–Crippen LogP) is 3.13. The molecule has 116 valence electrons. The van der Waals surface area contributed by atoms with Crippen molar-refractivity contribution in [2.75, 3.05) is 23.3 Å². The third kappa shape index (κ3) is 5.05. The van der Waals surface area contributed by atoms with Gasteiger partial charge in [0.15, 0.2) is 0 Å². The molecular weight excluding hydrogens is 262 g/mol. The average Bonchev–Trinajstić information content (AvgIpc) is 2.48. The zero-order valence-electron chi connectivity index (χ0n) is 13.0. The number of rotatable bonds is 6. The smallest absolute Gasteiger partial charge is 0.224 e. The lowest BCUT2D eigenvalue weighted by atomic mass is 10.1. The number of carbonyl (C=O) groups excluding carboxylic acids is 1. The minimum Gasteiger partial charge on any atom is -0.370 e. The van der Waals surface area contributed by atoms with E-state index < -0.39 is 0 Å². The van der Waals surface area contributed by atoms with Gasteiger partial charge in [-0.25, -0.2) is 0 Å². The number of anilines is 2. The summed E-state index contributed by atoms with van der Waals surface area (Å²) < 4.78 is 0. The van der Waals surface area contributed by atoms with Crippen LogP contribution in [0.4, 0.5) is 11.4 Å². The van der Waals surface area contributed by atoms with Crippen molar-refractivity contribution in [2.45, 2.75) is 51.5 Å². The number of hydrogen-bond donors (Lipinski definition) is 2. The highest BCUT2D eigenvalue weighted by molar-refractivity contribution is 5.94.